The van der Waals surface area contributed by atoms with E-state index < -0.39 is 12.1 Å². The molecule has 2 aromatic rings. The average Bonchev–Trinajstić information content (AvgIpc) is 2.91. The number of amides is 1. The Hall–Kier alpha value is -2.41. The number of carbonyl (C=O) groups excluding carboxylic acids is 2. The number of esters is 1. The second-order valence-electron chi connectivity index (χ2n) is 6.53. The van der Waals surface area contributed by atoms with E-state index in [0.717, 1.165) is 11.4 Å². The van der Waals surface area contributed by atoms with Crippen molar-refractivity contribution in [1.82, 2.24) is 20.1 Å². The van der Waals surface area contributed by atoms with E-state index in [1.54, 1.807) is 16.8 Å². The summed E-state index contributed by atoms with van der Waals surface area (Å²) in [6.45, 7) is 9.72. The van der Waals surface area contributed by atoms with Gasteiger partial charge in [-0.3, -0.25) is 4.79 Å². The molecule has 1 N–H and O–H groups in total. The quantitative estimate of drug-likeness (QED) is 0.781. The number of ether oxygens (including phenoxy) is 1. The van der Waals surface area contributed by atoms with Crippen LogP contribution in [0, 0.1) is 19.8 Å². The van der Waals surface area contributed by atoms with Crippen LogP contribution < -0.4 is 5.32 Å². The number of hydrogen-bond donors (Lipinski definition) is 1. The molecule has 2 rings (SSSR count). The SMILES string of the molecule is Cc1cc(C)n(-c2ccc(Cl)c(C(=O)OC(C)C(=O)NCC(C)C)n2)n1. The average molecular weight is 379 g/mol. The van der Waals surface area contributed by atoms with Gasteiger partial charge in [0.25, 0.3) is 5.91 Å². The van der Waals surface area contributed by atoms with Crippen LogP contribution in [0.5, 0.6) is 0 Å². The molecular formula is C18H23ClN4O3. The lowest BCUT2D eigenvalue weighted by atomic mass is 10.2. The first-order valence-electron chi connectivity index (χ1n) is 8.38. The Labute approximate surface area is 157 Å². The minimum absolute atomic E-state index is 0.0553. The molecule has 2 heterocycles. The van der Waals surface area contributed by atoms with Crippen LogP contribution in [-0.2, 0) is 9.53 Å². The van der Waals surface area contributed by atoms with Crippen molar-refractivity contribution in [3.8, 4) is 5.82 Å². The summed E-state index contributed by atoms with van der Waals surface area (Å²) in [5.41, 5.74) is 1.65. The molecule has 0 aliphatic heterocycles. The van der Waals surface area contributed by atoms with Crippen molar-refractivity contribution in [2.45, 2.75) is 40.7 Å². The zero-order chi connectivity index (χ0) is 19.4. The van der Waals surface area contributed by atoms with E-state index in [9.17, 15) is 9.59 Å². The van der Waals surface area contributed by atoms with Gasteiger partial charge in [0, 0.05) is 12.2 Å². The van der Waals surface area contributed by atoms with E-state index in [1.807, 2.05) is 33.8 Å². The zero-order valence-electron chi connectivity index (χ0n) is 15.5. The number of aromatic nitrogens is 3. The lowest BCUT2D eigenvalue weighted by Crippen LogP contribution is -2.37. The summed E-state index contributed by atoms with van der Waals surface area (Å²) in [5.74, 6) is -0.372. The van der Waals surface area contributed by atoms with Crippen molar-refractivity contribution < 1.29 is 14.3 Å². The standard InChI is InChI=1S/C18H23ClN4O3/c1-10(2)9-20-17(24)13(5)26-18(25)16-14(19)6-7-15(21-16)23-12(4)8-11(3)22-23/h6-8,10,13H,9H2,1-5H3,(H,20,24). The topological polar surface area (TPSA) is 86.1 Å². The van der Waals surface area contributed by atoms with Crippen LogP contribution in [0.15, 0.2) is 18.2 Å². The molecule has 1 atom stereocenters. The van der Waals surface area contributed by atoms with Gasteiger partial charge in [0.1, 0.15) is 0 Å². The van der Waals surface area contributed by atoms with Gasteiger partial charge in [-0.05, 0) is 44.9 Å². The van der Waals surface area contributed by atoms with E-state index in [0.29, 0.717) is 18.3 Å². The zero-order valence-corrected chi connectivity index (χ0v) is 16.3. The molecule has 0 saturated heterocycles. The molecule has 26 heavy (non-hydrogen) atoms. The molecule has 7 nitrogen and oxygen atoms in total. The third-order valence-corrected chi connectivity index (χ3v) is 3.89. The minimum Gasteiger partial charge on any atom is -0.448 e. The highest BCUT2D eigenvalue weighted by atomic mass is 35.5. The molecule has 140 valence electrons. The van der Waals surface area contributed by atoms with Gasteiger partial charge in [-0.25, -0.2) is 14.5 Å². The van der Waals surface area contributed by atoms with E-state index in [2.05, 4.69) is 15.4 Å². The molecule has 1 unspecified atom stereocenters. The Balaban J connectivity index is 2.17. The highest BCUT2D eigenvalue weighted by Crippen LogP contribution is 2.19. The Morgan fingerprint density at radius 1 is 1.27 bits per heavy atom. The van der Waals surface area contributed by atoms with Gasteiger partial charge < -0.3 is 10.1 Å². The number of carbonyl (C=O) groups is 2. The van der Waals surface area contributed by atoms with Crippen LogP contribution in [0.4, 0.5) is 0 Å². The Morgan fingerprint density at radius 3 is 2.54 bits per heavy atom. The van der Waals surface area contributed by atoms with E-state index in [4.69, 9.17) is 16.3 Å². The van der Waals surface area contributed by atoms with Crippen molar-refractivity contribution in [3.05, 3.63) is 40.3 Å². The molecule has 0 spiro atoms. The fourth-order valence-electron chi connectivity index (χ4n) is 2.27. The third kappa shape index (κ3) is 4.82. The molecule has 0 aromatic carbocycles. The number of halogens is 1. The summed E-state index contributed by atoms with van der Waals surface area (Å²) in [5, 5.41) is 7.20. The van der Waals surface area contributed by atoms with Gasteiger partial charge in [0.15, 0.2) is 17.6 Å². The molecule has 0 saturated carbocycles. The summed E-state index contributed by atoms with van der Waals surface area (Å²) in [6, 6.07) is 5.12. The van der Waals surface area contributed by atoms with Crippen LogP contribution in [0.25, 0.3) is 5.82 Å². The number of aryl methyl sites for hydroxylation is 2. The molecule has 1 amide bonds. The highest BCUT2D eigenvalue weighted by molar-refractivity contribution is 6.33. The summed E-state index contributed by atoms with van der Waals surface area (Å²) in [7, 11) is 0. The van der Waals surface area contributed by atoms with Crippen molar-refractivity contribution in [2.75, 3.05) is 6.54 Å². The smallest absolute Gasteiger partial charge is 0.359 e. The van der Waals surface area contributed by atoms with Crippen LogP contribution in [0.2, 0.25) is 5.02 Å². The van der Waals surface area contributed by atoms with Crippen molar-refractivity contribution >= 4 is 23.5 Å². The molecule has 8 heteroatoms. The van der Waals surface area contributed by atoms with Gasteiger partial charge in [0.05, 0.1) is 10.7 Å². The first-order valence-corrected chi connectivity index (χ1v) is 8.75. The van der Waals surface area contributed by atoms with Gasteiger partial charge >= 0.3 is 5.97 Å². The number of rotatable bonds is 6. The van der Waals surface area contributed by atoms with Crippen LogP contribution >= 0.6 is 11.6 Å². The first kappa shape index (κ1) is 19.9. The van der Waals surface area contributed by atoms with Crippen LogP contribution in [0.1, 0.15) is 42.6 Å². The fourth-order valence-corrected chi connectivity index (χ4v) is 2.45. The number of hydrogen-bond acceptors (Lipinski definition) is 5. The van der Waals surface area contributed by atoms with E-state index in [-0.39, 0.29) is 16.6 Å². The largest absolute Gasteiger partial charge is 0.448 e. The molecule has 2 aromatic heterocycles. The second-order valence-corrected chi connectivity index (χ2v) is 6.93. The molecule has 0 bridgehead atoms. The fraction of sp³-hybridized carbons (Fsp3) is 0.444. The number of nitrogens with one attached hydrogen (secondary N) is 1. The van der Waals surface area contributed by atoms with Gasteiger partial charge in [-0.15, -0.1) is 0 Å². The predicted octanol–water partition coefficient (Wildman–Crippen LogP) is 2.86. The lowest BCUT2D eigenvalue weighted by Gasteiger charge is -2.15. The van der Waals surface area contributed by atoms with Crippen molar-refractivity contribution in [1.29, 1.82) is 0 Å². The van der Waals surface area contributed by atoms with Gasteiger partial charge in [-0.1, -0.05) is 25.4 Å². The van der Waals surface area contributed by atoms with E-state index in [1.165, 1.54) is 6.92 Å². The van der Waals surface area contributed by atoms with Crippen molar-refractivity contribution in [3.63, 3.8) is 0 Å². The maximum Gasteiger partial charge on any atom is 0.359 e. The molecule has 0 aliphatic rings. The molecule has 0 radical (unpaired) electrons. The minimum atomic E-state index is -0.948. The molecule has 0 fully saturated rings. The van der Waals surface area contributed by atoms with E-state index >= 15 is 0 Å². The Bertz CT molecular complexity index is 817. The second kappa shape index (κ2) is 8.31. The Kier molecular flexibility index (Phi) is 6.37. The number of nitrogens with zero attached hydrogens (tertiary/aromatic N) is 3. The van der Waals surface area contributed by atoms with Crippen LogP contribution in [0.3, 0.4) is 0 Å². The predicted molar refractivity (Wildman–Crippen MR) is 98.6 cm³/mol. The first-order chi connectivity index (χ1) is 12.2. The van der Waals surface area contributed by atoms with Gasteiger partial charge in [-0.2, -0.15) is 5.10 Å². The third-order valence-electron chi connectivity index (χ3n) is 3.59. The van der Waals surface area contributed by atoms with Crippen molar-refractivity contribution in [2.24, 2.45) is 5.92 Å². The van der Waals surface area contributed by atoms with Gasteiger partial charge in [0.2, 0.25) is 0 Å². The summed E-state index contributed by atoms with van der Waals surface area (Å²) >= 11 is 6.10. The monoisotopic (exact) mass is 378 g/mol. The molecule has 0 aliphatic carbocycles. The Morgan fingerprint density at radius 2 is 1.96 bits per heavy atom. The number of pyridine rings is 1. The van der Waals surface area contributed by atoms with Crippen LogP contribution in [-0.4, -0.2) is 39.3 Å². The highest BCUT2D eigenvalue weighted by Gasteiger charge is 2.22. The normalized spacial score (nSPS) is 12.1. The molecular weight excluding hydrogens is 356 g/mol. The maximum absolute atomic E-state index is 12.4. The summed E-state index contributed by atoms with van der Waals surface area (Å²) in [4.78, 5) is 28.7. The summed E-state index contributed by atoms with van der Waals surface area (Å²) < 4.78 is 6.82. The maximum atomic E-state index is 12.4. The summed E-state index contributed by atoms with van der Waals surface area (Å²) in [6.07, 6.45) is -0.948. The lowest BCUT2D eigenvalue weighted by molar-refractivity contribution is -0.129.